The Kier molecular flexibility index (Phi) is 5.06. The molecule has 5 aromatic rings. The van der Waals surface area contributed by atoms with Crippen LogP contribution in [-0.2, 0) is 11.3 Å². The number of hydrogen-bond acceptors (Lipinski definition) is 6. The summed E-state index contributed by atoms with van der Waals surface area (Å²) in [5.41, 5.74) is 3.86. The van der Waals surface area contributed by atoms with Crippen molar-refractivity contribution in [2.24, 2.45) is 0 Å². The van der Waals surface area contributed by atoms with Gasteiger partial charge in [-0.1, -0.05) is 30.3 Å². The number of nitrogens with zero attached hydrogens (tertiary/aromatic N) is 4. The monoisotopic (exact) mass is 441 g/mol. The molecule has 0 radical (unpaired) electrons. The average Bonchev–Trinajstić information content (AvgIpc) is 3.14. The second-order valence-electron chi connectivity index (χ2n) is 7.49. The predicted molar refractivity (Wildman–Crippen MR) is 125 cm³/mol. The van der Waals surface area contributed by atoms with Gasteiger partial charge in [-0.25, -0.2) is 9.97 Å². The lowest BCUT2D eigenvalue weighted by atomic mass is 10.2. The molecular weight excluding hydrogens is 422 g/mol. The van der Waals surface area contributed by atoms with Crippen molar-refractivity contribution in [1.82, 2.24) is 14.5 Å². The van der Waals surface area contributed by atoms with Crippen molar-refractivity contribution >= 4 is 50.4 Å². The molecular formula is C24H19N5O4. The number of fused-ring (bicyclic) bond motifs is 4. The van der Waals surface area contributed by atoms with Crippen LogP contribution in [-0.4, -0.2) is 32.5 Å². The number of aromatic nitrogens is 3. The molecule has 0 bridgehead atoms. The van der Waals surface area contributed by atoms with Crippen LogP contribution in [0.3, 0.4) is 0 Å². The van der Waals surface area contributed by atoms with E-state index < -0.39 is 4.92 Å². The number of nitro benzene ring substituents is 1. The summed E-state index contributed by atoms with van der Waals surface area (Å²) in [6, 6.07) is 19.8. The molecule has 0 spiro atoms. The Morgan fingerprint density at radius 2 is 1.79 bits per heavy atom. The topological polar surface area (TPSA) is 112 Å². The number of carbonyl (C=O) groups excluding carboxylic acids is 1. The van der Waals surface area contributed by atoms with E-state index >= 15 is 0 Å². The van der Waals surface area contributed by atoms with Crippen LogP contribution >= 0.6 is 0 Å². The number of rotatable bonds is 6. The van der Waals surface area contributed by atoms with Gasteiger partial charge in [0.15, 0.2) is 5.65 Å². The van der Waals surface area contributed by atoms with Crippen LogP contribution in [0.2, 0.25) is 0 Å². The molecule has 0 aliphatic heterocycles. The Balaban J connectivity index is 1.47. The molecule has 1 amide bonds. The molecule has 0 atom stereocenters. The Morgan fingerprint density at radius 1 is 1.06 bits per heavy atom. The molecule has 0 unspecified atom stereocenters. The average molecular weight is 441 g/mol. The summed E-state index contributed by atoms with van der Waals surface area (Å²) in [4.78, 5) is 33.1. The fourth-order valence-corrected chi connectivity index (χ4v) is 3.93. The highest BCUT2D eigenvalue weighted by Gasteiger charge is 2.19. The number of aryl methyl sites for hydroxylation is 1. The van der Waals surface area contributed by atoms with Gasteiger partial charge in [-0.15, -0.1) is 0 Å². The van der Waals surface area contributed by atoms with Gasteiger partial charge in [-0.05, 0) is 30.3 Å². The molecule has 33 heavy (non-hydrogen) atoms. The van der Waals surface area contributed by atoms with Gasteiger partial charge in [0, 0.05) is 18.4 Å². The van der Waals surface area contributed by atoms with E-state index in [1.165, 1.54) is 19.2 Å². The molecule has 0 saturated heterocycles. The number of nitro groups is 1. The molecule has 5 rings (SSSR count). The van der Waals surface area contributed by atoms with Crippen LogP contribution in [0.25, 0.3) is 33.1 Å². The first kappa shape index (κ1) is 20.4. The second-order valence-corrected chi connectivity index (χ2v) is 7.49. The Hall–Kier alpha value is -4.53. The van der Waals surface area contributed by atoms with E-state index in [-0.39, 0.29) is 23.7 Å². The lowest BCUT2D eigenvalue weighted by Gasteiger charge is -2.09. The highest BCUT2D eigenvalue weighted by Crippen LogP contribution is 2.30. The quantitative estimate of drug-likeness (QED) is 0.302. The van der Waals surface area contributed by atoms with Crippen LogP contribution in [0, 0.1) is 10.1 Å². The van der Waals surface area contributed by atoms with Crippen LogP contribution in [0.5, 0.6) is 5.75 Å². The number of carbonyl (C=O) groups is 1. The number of anilines is 1. The van der Waals surface area contributed by atoms with Gasteiger partial charge in [0.05, 0.1) is 34.6 Å². The molecule has 1 N–H and O–H groups in total. The molecule has 0 aliphatic rings. The van der Waals surface area contributed by atoms with Gasteiger partial charge in [0.25, 0.3) is 5.69 Å². The van der Waals surface area contributed by atoms with Crippen LogP contribution < -0.4 is 10.1 Å². The number of para-hydroxylation sites is 3. The van der Waals surface area contributed by atoms with E-state index in [4.69, 9.17) is 14.7 Å². The second kappa shape index (κ2) is 8.19. The van der Waals surface area contributed by atoms with E-state index in [1.807, 2.05) is 53.1 Å². The third-order valence-corrected chi connectivity index (χ3v) is 5.50. The summed E-state index contributed by atoms with van der Waals surface area (Å²) in [6.45, 7) is 0.340. The summed E-state index contributed by atoms with van der Waals surface area (Å²) < 4.78 is 7.00. The molecule has 3 aromatic carbocycles. The number of amides is 1. The maximum Gasteiger partial charge on any atom is 0.296 e. The molecule has 0 saturated carbocycles. The lowest BCUT2D eigenvalue weighted by Crippen LogP contribution is -2.15. The Morgan fingerprint density at radius 3 is 2.55 bits per heavy atom. The van der Waals surface area contributed by atoms with Crippen molar-refractivity contribution in [2.75, 3.05) is 12.4 Å². The Labute approximate surface area is 187 Å². The minimum atomic E-state index is -0.550. The summed E-state index contributed by atoms with van der Waals surface area (Å²) in [5.74, 6) is -0.00118. The van der Waals surface area contributed by atoms with Crippen molar-refractivity contribution in [1.29, 1.82) is 0 Å². The van der Waals surface area contributed by atoms with Gasteiger partial charge in [-0.2, -0.15) is 0 Å². The summed E-state index contributed by atoms with van der Waals surface area (Å²) in [7, 11) is 1.43. The summed E-state index contributed by atoms with van der Waals surface area (Å²) in [5, 5.41) is 15.0. The standard InChI is InChI=1S/C24H19N5O4/c1-33-15-10-11-19(21(14-15)29(31)32)25-22(30)12-13-28-20-9-5-2-6-16(20)23-24(28)27-18-8-4-3-7-17(18)26-23/h2-11,14H,12-13H2,1H3,(H,25,30). The van der Waals surface area contributed by atoms with Crippen LogP contribution in [0.1, 0.15) is 6.42 Å². The van der Waals surface area contributed by atoms with E-state index in [0.717, 1.165) is 27.5 Å². The number of hydrogen-bond donors (Lipinski definition) is 1. The first-order valence-corrected chi connectivity index (χ1v) is 10.3. The fourth-order valence-electron chi connectivity index (χ4n) is 3.93. The number of nitrogens with one attached hydrogen (secondary N) is 1. The van der Waals surface area contributed by atoms with Crippen molar-refractivity contribution in [3.05, 3.63) is 76.8 Å². The highest BCUT2D eigenvalue weighted by molar-refractivity contribution is 6.06. The minimum Gasteiger partial charge on any atom is -0.496 e. The van der Waals surface area contributed by atoms with Crippen molar-refractivity contribution in [2.45, 2.75) is 13.0 Å². The molecule has 2 aromatic heterocycles. The molecule has 2 heterocycles. The fraction of sp³-hybridized carbons (Fsp3) is 0.125. The molecule has 164 valence electrons. The van der Waals surface area contributed by atoms with Gasteiger partial charge >= 0.3 is 0 Å². The van der Waals surface area contributed by atoms with Crippen LogP contribution in [0.4, 0.5) is 11.4 Å². The van der Waals surface area contributed by atoms with Crippen molar-refractivity contribution < 1.29 is 14.5 Å². The van der Waals surface area contributed by atoms with Crippen molar-refractivity contribution in [3.8, 4) is 5.75 Å². The lowest BCUT2D eigenvalue weighted by molar-refractivity contribution is -0.384. The maximum atomic E-state index is 12.7. The first-order chi connectivity index (χ1) is 16.0. The SMILES string of the molecule is COc1ccc(NC(=O)CCn2c3ccccc3c3nc4ccccc4nc32)c([N+](=O)[O-])c1. The smallest absolute Gasteiger partial charge is 0.296 e. The zero-order valence-electron chi connectivity index (χ0n) is 17.7. The predicted octanol–water partition coefficient (Wildman–Crippen LogP) is 4.68. The summed E-state index contributed by atoms with van der Waals surface area (Å²) >= 11 is 0. The molecule has 9 heteroatoms. The van der Waals surface area contributed by atoms with E-state index in [0.29, 0.717) is 17.9 Å². The molecule has 9 nitrogen and oxygen atoms in total. The largest absolute Gasteiger partial charge is 0.496 e. The van der Waals surface area contributed by atoms with Gasteiger partial charge in [0.1, 0.15) is 17.0 Å². The minimum absolute atomic E-state index is 0.103. The highest BCUT2D eigenvalue weighted by atomic mass is 16.6. The van der Waals surface area contributed by atoms with Crippen molar-refractivity contribution in [3.63, 3.8) is 0 Å². The number of ether oxygens (including phenoxy) is 1. The van der Waals surface area contributed by atoms with E-state index in [2.05, 4.69) is 5.32 Å². The van der Waals surface area contributed by atoms with Crippen LogP contribution in [0.15, 0.2) is 66.7 Å². The normalized spacial score (nSPS) is 11.2. The van der Waals surface area contributed by atoms with Gasteiger partial charge in [-0.3, -0.25) is 14.9 Å². The number of benzene rings is 3. The zero-order chi connectivity index (χ0) is 22.9. The molecule has 0 fully saturated rings. The third-order valence-electron chi connectivity index (χ3n) is 5.50. The van der Waals surface area contributed by atoms with Gasteiger partial charge in [0.2, 0.25) is 5.91 Å². The first-order valence-electron chi connectivity index (χ1n) is 10.3. The Bertz CT molecular complexity index is 1540. The number of methoxy groups -OCH3 is 1. The third kappa shape index (κ3) is 3.69. The summed E-state index contributed by atoms with van der Waals surface area (Å²) in [6.07, 6.45) is 0.103. The van der Waals surface area contributed by atoms with Gasteiger partial charge < -0.3 is 14.6 Å². The zero-order valence-corrected chi connectivity index (χ0v) is 17.7. The van der Waals surface area contributed by atoms with E-state index in [1.54, 1.807) is 6.07 Å². The molecule has 0 aliphatic carbocycles. The van der Waals surface area contributed by atoms with E-state index in [9.17, 15) is 14.9 Å². The maximum absolute atomic E-state index is 12.7.